The van der Waals surface area contributed by atoms with Gasteiger partial charge in [0.25, 0.3) is 11.6 Å². The third kappa shape index (κ3) is 3.50. The number of nitrogens with zero attached hydrogens (tertiary/aromatic N) is 5. The molecule has 0 saturated carbocycles. The van der Waals surface area contributed by atoms with Crippen LogP contribution in [-0.4, -0.2) is 30.8 Å². The van der Waals surface area contributed by atoms with Gasteiger partial charge in [-0.05, 0) is 24.6 Å². The van der Waals surface area contributed by atoms with Gasteiger partial charge >= 0.3 is 0 Å². The van der Waals surface area contributed by atoms with Crippen molar-refractivity contribution in [2.75, 3.05) is 0 Å². The monoisotopic (exact) mass is 338 g/mol. The van der Waals surface area contributed by atoms with Crippen LogP contribution in [0.4, 0.5) is 5.69 Å². The second-order valence-electron chi connectivity index (χ2n) is 5.26. The number of nitro groups is 1. The van der Waals surface area contributed by atoms with Crippen molar-refractivity contribution in [2.45, 2.75) is 13.5 Å². The number of nitrogens with one attached hydrogen (secondary N) is 1. The fourth-order valence-electron chi connectivity index (χ4n) is 2.29. The number of hydrogen-bond acceptors (Lipinski definition) is 6. The molecule has 9 nitrogen and oxygen atoms in total. The summed E-state index contributed by atoms with van der Waals surface area (Å²) >= 11 is 0. The van der Waals surface area contributed by atoms with E-state index in [1.54, 1.807) is 37.5 Å². The predicted molar refractivity (Wildman–Crippen MR) is 88.2 cm³/mol. The lowest BCUT2D eigenvalue weighted by Crippen LogP contribution is -2.24. The summed E-state index contributed by atoms with van der Waals surface area (Å²) in [6.07, 6.45) is 3.31. The Labute approximate surface area is 142 Å². The molecule has 0 aliphatic heterocycles. The van der Waals surface area contributed by atoms with Crippen LogP contribution < -0.4 is 5.32 Å². The SMILES string of the molecule is Cc1c(C(=O)NCc2cccnc2)nnn1-c1cccc([N+](=O)[O-])c1. The van der Waals surface area contributed by atoms with Crippen LogP contribution in [-0.2, 0) is 6.54 Å². The van der Waals surface area contributed by atoms with Crippen LogP contribution in [0.3, 0.4) is 0 Å². The average molecular weight is 338 g/mol. The summed E-state index contributed by atoms with van der Waals surface area (Å²) in [6.45, 7) is 1.99. The van der Waals surface area contributed by atoms with Crippen molar-refractivity contribution in [3.05, 3.63) is 75.9 Å². The van der Waals surface area contributed by atoms with Gasteiger partial charge in [0, 0.05) is 31.1 Å². The van der Waals surface area contributed by atoms with Crippen LogP contribution in [0.15, 0.2) is 48.8 Å². The molecule has 2 aromatic heterocycles. The fraction of sp³-hybridized carbons (Fsp3) is 0.125. The van der Waals surface area contributed by atoms with Crippen molar-refractivity contribution in [1.29, 1.82) is 0 Å². The van der Waals surface area contributed by atoms with E-state index in [-0.39, 0.29) is 17.3 Å². The molecule has 1 aromatic carbocycles. The van der Waals surface area contributed by atoms with Gasteiger partial charge in [-0.25, -0.2) is 4.68 Å². The Kier molecular flexibility index (Phi) is 4.46. The summed E-state index contributed by atoms with van der Waals surface area (Å²) < 4.78 is 1.39. The number of pyridine rings is 1. The van der Waals surface area contributed by atoms with Crippen LogP contribution in [0.5, 0.6) is 0 Å². The van der Waals surface area contributed by atoms with Crippen molar-refractivity contribution in [3.8, 4) is 5.69 Å². The minimum absolute atomic E-state index is 0.0602. The van der Waals surface area contributed by atoms with Crippen molar-refractivity contribution in [2.24, 2.45) is 0 Å². The van der Waals surface area contributed by atoms with E-state index in [1.807, 2.05) is 6.07 Å². The zero-order valence-corrected chi connectivity index (χ0v) is 13.3. The number of carbonyl (C=O) groups excluding carboxylic acids is 1. The Hall–Kier alpha value is -3.62. The van der Waals surface area contributed by atoms with Gasteiger partial charge in [-0.3, -0.25) is 19.9 Å². The topological polar surface area (TPSA) is 116 Å². The number of hydrogen-bond donors (Lipinski definition) is 1. The van der Waals surface area contributed by atoms with Crippen molar-refractivity contribution in [1.82, 2.24) is 25.3 Å². The number of non-ortho nitro benzene ring substituents is 1. The molecule has 0 radical (unpaired) electrons. The second-order valence-corrected chi connectivity index (χ2v) is 5.26. The van der Waals surface area contributed by atoms with Crippen molar-refractivity contribution >= 4 is 11.6 Å². The van der Waals surface area contributed by atoms with Gasteiger partial charge in [0.15, 0.2) is 5.69 Å². The highest BCUT2D eigenvalue weighted by Gasteiger charge is 2.18. The van der Waals surface area contributed by atoms with E-state index < -0.39 is 4.92 Å². The molecule has 3 aromatic rings. The first-order chi connectivity index (χ1) is 12.1. The van der Waals surface area contributed by atoms with Gasteiger partial charge in [0.05, 0.1) is 16.3 Å². The third-order valence-electron chi connectivity index (χ3n) is 3.57. The minimum atomic E-state index is -0.489. The van der Waals surface area contributed by atoms with Gasteiger partial charge in [0.1, 0.15) is 0 Å². The Bertz CT molecular complexity index is 923. The molecule has 9 heteroatoms. The molecule has 0 atom stereocenters. The molecule has 0 spiro atoms. The van der Waals surface area contributed by atoms with E-state index in [0.29, 0.717) is 17.9 Å². The molecule has 0 fully saturated rings. The normalized spacial score (nSPS) is 10.4. The largest absolute Gasteiger partial charge is 0.346 e. The van der Waals surface area contributed by atoms with E-state index >= 15 is 0 Å². The first-order valence-electron chi connectivity index (χ1n) is 7.40. The van der Waals surface area contributed by atoms with Crippen molar-refractivity contribution in [3.63, 3.8) is 0 Å². The van der Waals surface area contributed by atoms with Crippen LogP contribution in [0.2, 0.25) is 0 Å². The van der Waals surface area contributed by atoms with Gasteiger partial charge in [-0.2, -0.15) is 0 Å². The van der Waals surface area contributed by atoms with Gasteiger partial charge in [-0.1, -0.05) is 17.3 Å². The van der Waals surface area contributed by atoms with Gasteiger partial charge < -0.3 is 5.32 Å². The lowest BCUT2D eigenvalue weighted by Gasteiger charge is -2.05. The highest BCUT2D eigenvalue weighted by Crippen LogP contribution is 2.18. The van der Waals surface area contributed by atoms with Crippen LogP contribution in [0.1, 0.15) is 21.7 Å². The van der Waals surface area contributed by atoms with E-state index in [2.05, 4.69) is 20.6 Å². The zero-order valence-electron chi connectivity index (χ0n) is 13.3. The lowest BCUT2D eigenvalue weighted by molar-refractivity contribution is -0.384. The molecule has 0 aliphatic rings. The maximum atomic E-state index is 12.3. The first kappa shape index (κ1) is 16.2. The summed E-state index contributed by atoms with van der Waals surface area (Å²) in [5.74, 6) is -0.377. The molecule has 0 saturated heterocycles. The van der Waals surface area contributed by atoms with Crippen LogP contribution >= 0.6 is 0 Å². The average Bonchev–Trinajstić information content (AvgIpc) is 3.02. The molecule has 126 valence electrons. The van der Waals surface area contributed by atoms with Crippen LogP contribution in [0.25, 0.3) is 5.69 Å². The number of carbonyl (C=O) groups is 1. The van der Waals surface area contributed by atoms with Crippen molar-refractivity contribution < 1.29 is 9.72 Å². The Balaban J connectivity index is 1.80. The molecular formula is C16H14N6O3. The van der Waals surface area contributed by atoms with E-state index in [9.17, 15) is 14.9 Å². The standard InChI is InChI=1S/C16H14N6O3/c1-11-15(16(23)18-10-12-4-3-7-17-9-12)19-20-21(11)13-5-2-6-14(8-13)22(24)25/h2-9H,10H2,1H3,(H,18,23). The highest BCUT2D eigenvalue weighted by molar-refractivity contribution is 5.93. The summed E-state index contributed by atoms with van der Waals surface area (Å²) in [5, 5.41) is 21.5. The molecule has 0 bridgehead atoms. The maximum absolute atomic E-state index is 12.3. The summed E-state index contributed by atoms with van der Waals surface area (Å²) in [7, 11) is 0. The maximum Gasteiger partial charge on any atom is 0.274 e. The zero-order chi connectivity index (χ0) is 17.8. The Morgan fingerprint density at radius 1 is 1.32 bits per heavy atom. The number of benzene rings is 1. The summed E-state index contributed by atoms with van der Waals surface area (Å²) in [4.78, 5) is 26.7. The molecule has 1 amide bonds. The quantitative estimate of drug-likeness (QED) is 0.560. The number of nitro benzene ring substituents is 1. The lowest BCUT2D eigenvalue weighted by atomic mass is 10.2. The molecular weight excluding hydrogens is 324 g/mol. The summed E-state index contributed by atoms with van der Waals surface area (Å²) in [5.41, 5.74) is 1.92. The molecule has 0 unspecified atom stereocenters. The summed E-state index contributed by atoms with van der Waals surface area (Å²) in [6, 6.07) is 9.60. The molecule has 1 N–H and O–H groups in total. The minimum Gasteiger partial charge on any atom is -0.346 e. The smallest absolute Gasteiger partial charge is 0.274 e. The third-order valence-corrected chi connectivity index (χ3v) is 3.57. The fourth-order valence-corrected chi connectivity index (χ4v) is 2.29. The van der Waals surface area contributed by atoms with Gasteiger partial charge in [-0.15, -0.1) is 5.10 Å². The van der Waals surface area contributed by atoms with E-state index in [0.717, 1.165) is 5.56 Å². The Morgan fingerprint density at radius 3 is 2.88 bits per heavy atom. The van der Waals surface area contributed by atoms with E-state index in [1.165, 1.54) is 16.8 Å². The molecule has 2 heterocycles. The Morgan fingerprint density at radius 2 is 2.16 bits per heavy atom. The number of amides is 1. The van der Waals surface area contributed by atoms with E-state index in [4.69, 9.17) is 0 Å². The molecule has 0 aliphatic carbocycles. The first-order valence-corrected chi connectivity index (χ1v) is 7.40. The van der Waals surface area contributed by atoms with Crippen LogP contribution in [0, 0.1) is 17.0 Å². The van der Waals surface area contributed by atoms with Gasteiger partial charge in [0.2, 0.25) is 0 Å². The second kappa shape index (κ2) is 6.87. The highest BCUT2D eigenvalue weighted by atomic mass is 16.6. The number of aromatic nitrogens is 4. The molecule has 25 heavy (non-hydrogen) atoms. The predicted octanol–water partition coefficient (Wildman–Crippen LogP) is 1.81. The molecule has 3 rings (SSSR count). The number of rotatable bonds is 5.